The molecular weight excluding hydrogens is 358 g/mol. The second kappa shape index (κ2) is 7.29. The summed E-state index contributed by atoms with van der Waals surface area (Å²) in [5.41, 5.74) is 7.57. The molecule has 1 fully saturated rings. The van der Waals surface area contributed by atoms with Gasteiger partial charge in [-0.3, -0.25) is 9.48 Å². The van der Waals surface area contributed by atoms with E-state index in [0.29, 0.717) is 29.3 Å². The van der Waals surface area contributed by atoms with E-state index in [4.69, 9.17) is 5.73 Å². The molecular formula is C18H23N9O. The van der Waals surface area contributed by atoms with Crippen LogP contribution in [0, 0.1) is 0 Å². The summed E-state index contributed by atoms with van der Waals surface area (Å²) in [5, 5.41) is 12.6. The van der Waals surface area contributed by atoms with Gasteiger partial charge in [0.05, 0.1) is 29.5 Å². The molecule has 1 aliphatic rings. The predicted molar refractivity (Wildman–Crippen MR) is 106 cm³/mol. The molecule has 1 unspecified atom stereocenters. The van der Waals surface area contributed by atoms with E-state index < -0.39 is 0 Å². The van der Waals surface area contributed by atoms with Gasteiger partial charge in [-0.15, -0.1) is 0 Å². The van der Waals surface area contributed by atoms with E-state index in [1.54, 1.807) is 17.3 Å². The fourth-order valence-corrected chi connectivity index (χ4v) is 3.48. The van der Waals surface area contributed by atoms with E-state index in [-0.39, 0.29) is 11.9 Å². The first-order valence-electron chi connectivity index (χ1n) is 9.30. The van der Waals surface area contributed by atoms with Gasteiger partial charge < -0.3 is 16.0 Å². The van der Waals surface area contributed by atoms with Crippen molar-refractivity contribution in [2.75, 3.05) is 24.1 Å². The van der Waals surface area contributed by atoms with Crippen molar-refractivity contribution >= 4 is 34.4 Å². The number of nitrogens with two attached hydrogens (primary N) is 1. The lowest BCUT2D eigenvalue weighted by atomic mass is 10.1. The topological polar surface area (TPSA) is 120 Å². The van der Waals surface area contributed by atoms with Crippen LogP contribution in [0.2, 0.25) is 0 Å². The Morgan fingerprint density at radius 2 is 2.25 bits per heavy atom. The first kappa shape index (κ1) is 18.0. The van der Waals surface area contributed by atoms with Gasteiger partial charge >= 0.3 is 0 Å². The number of aromatic nitrogens is 6. The van der Waals surface area contributed by atoms with Crippen LogP contribution in [0.4, 0.5) is 17.5 Å². The molecule has 3 aromatic rings. The zero-order valence-corrected chi connectivity index (χ0v) is 15.7. The van der Waals surface area contributed by atoms with Crippen molar-refractivity contribution in [3.05, 3.63) is 31.2 Å². The molecule has 3 N–H and O–H groups in total. The maximum atomic E-state index is 12.0. The Morgan fingerprint density at radius 1 is 1.39 bits per heavy atom. The van der Waals surface area contributed by atoms with Gasteiger partial charge in [-0.1, -0.05) is 6.58 Å². The highest BCUT2D eigenvalue weighted by molar-refractivity contribution is 5.87. The molecule has 0 aliphatic carbocycles. The van der Waals surface area contributed by atoms with Crippen molar-refractivity contribution < 1.29 is 4.79 Å². The van der Waals surface area contributed by atoms with Crippen molar-refractivity contribution in [2.24, 2.45) is 0 Å². The first-order chi connectivity index (χ1) is 13.6. The van der Waals surface area contributed by atoms with Crippen LogP contribution in [0.15, 0.2) is 31.2 Å². The molecule has 28 heavy (non-hydrogen) atoms. The molecule has 1 aliphatic heterocycles. The number of fused-ring (bicyclic) bond motifs is 1. The average Bonchev–Trinajstić information content (AvgIpc) is 3.34. The lowest BCUT2D eigenvalue weighted by Gasteiger charge is -2.32. The highest BCUT2D eigenvalue weighted by Gasteiger charge is 2.26. The summed E-state index contributed by atoms with van der Waals surface area (Å²) in [5.74, 6) is 0.680. The van der Waals surface area contributed by atoms with Gasteiger partial charge in [0.1, 0.15) is 5.82 Å². The number of carbonyl (C=O) groups excluding carboxylic acids is 1. The Kier molecular flexibility index (Phi) is 4.68. The molecule has 1 atom stereocenters. The number of amides is 1. The van der Waals surface area contributed by atoms with Crippen molar-refractivity contribution in [3.8, 4) is 0 Å². The minimum absolute atomic E-state index is 0.0279. The number of piperidine rings is 1. The van der Waals surface area contributed by atoms with E-state index in [1.807, 2.05) is 22.5 Å². The molecule has 0 saturated carbocycles. The third-order valence-corrected chi connectivity index (χ3v) is 4.93. The van der Waals surface area contributed by atoms with Gasteiger partial charge in [-0.05, 0) is 25.8 Å². The second-order valence-corrected chi connectivity index (χ2v) is 6.75. The molecule has 0 radical (unpaired) electrons. The highest BCUT2D eigenvalue weighted by Crippen LogP contribution is 2.27. The van der Waals surface area contributed by atoms with Gasteiger partial charge in [-0.25, -0.2) is 4.68 Å². The van der Waals surface area contributed by atoms with Crippen molar-refractivity contribution in [1.82, 2.24) is 34.4 Å². The summed E-state index contributed by atoms with van der Waals surface area (Å²) in [6.07, 6.45) is 8.42. The van der Waals surface area contributed by atoms with E-state index >= 15 is 0 Å². The van der Waals surface area contributed by atoms with Gasteiger partial charge in [0, 0.05) is 25.8 Å². The molecule has 3 aromatic heterocycles. The van der Waals surface area contributed by atoms with Gasteiger partial charge in [-0.2, -0.15) is 20.2 Å². The molecule has 1 saturated heterocycles. The van der Waals surface area contributed by atoms with Crippen molar-refractivity contribution in [1.29, 1.82) is 0 Å². The molecule has 0 aromatic carbocycles. The molecule has 0 spiro atoms. The third-order valence-electron chi connectivity index (χ3n) is 4.93. The van der Waals surface area contributed by atoms with Crippen LogP contribution in [0.25, 0.3) is 11.0 Å². The normalized spacial score (nSPS) is 17.0. The number of carbonyl (C=O) groups is 1. The molecule has 4 heterocycles. The van der Waals surface area contributed by atoms with Crippen LogP contribution in [-0.4, -0.2) is 53.4 Å². The SMILES string of the molecule is C=CC(=O)N1CCCC(n2ncc3c(N)nc(Nc4cnn(CC)c4)nc32)C1. The van der Waals surface area contributed by atoms with Gasteiger partial charge in [0.15, 0.2) is 5.65 Å². The Bertz CT molecular complexity index is 1020. The molecule has 146 valence electrons. The second-order valence-electron chi connectivity index (χ2n) is 6.75. The number of likely N-dealkylation sites (tertiary alicyclic amines) is 1. The van der Waals surface area contributed by atoms with Crippen LogP contribution in [0.1, 0.15) is 25.8 Å². The fraction of sp³-hybridized carbons (Fsp3) is 0.389. The van der Waals surface area contributed by atoms with Gasteiger partial charge in [0.2, 0.25) is 11.9 Å². The van der Waals surface area contributed by atoms with E-state index in [2.05, 4.69) is 32.1 Å². The summed E-state index contributed by atoms with van der Waals surface area (Å²) in [6.45, 7) is 7.66. The van der Waals surface area contributed by atoms with Crippen LogP contribution in [0.3, 0.4) is 0 Å². The lowest BCUT2D eigenvalue weighted by Crippen LogP contribution is -2.40. The molecule has 4 rings (SSSR count). The van der Waals surface area contributed by atoms with Gasteiger partial charge in [0.25, 0.3) is 0 Å². The van der Waals surface area contributed by atoms with E-state index in [9.17, 15) is 4.79 Å². The van der Waals surface area contributed by atoms with Crippen LogP contribution >= 0.6 is 0 Å². The number of rotatable bonds is 5. The smallest absolute Gasteiger partial charge is 0.246 e. The van der Waals surface area contributed by atoms with E-state index in [1.165, 1.54) is 6.08 Å². The monoisotopic (exact) mass is 381 g/mol. The largest absolute Gasteiger partial charge is 0.383 e. The summed E-state index contributed by atoms with van der Waals surface area (Å²) < 4.78 is 3.65. The summed E-state index contributed by atoms with van der Waals surface area (Å²) in [7, 11) is 0. The number of nitrogen functional groups attached to an aromatic ring is 1. The number of anilines is 3. The Hall–Kier alpha value is -3.43. The first-order valence-corrected chi connectivity index (χ1v) is 9.30. The molecule has 10 heteroatoms. The Morgan fingerprint density at radius 3 is 3.00 bits per heavy atom. The standard InChI is InChI=1S/C18H23N9O/c1-3-15(28)25-7-5-6-13(11-25)27-17-14(9-21-27)16(19)23-18(24-17)22-12-8-20-26(4-2)10-12/h3,8-10,13H,1,4-7,11H2,2H3,(H3,19,22,23,24). The minimum Gasteiger partial charge on any atom is -0.383 e. The van der Waals surface area contributed by atoms with Crippen LogP contribution in [0.5, 0.6) is 0 Å². The lowest BCUT2D eigenvalue weighted by molar-refractivity contribution is -0.127. The zero-order valence-electron chi connectivity index (χ0n) is 15.7. The Labute approximate surface area is 162 Å². The summed E-state index contributed by atoms with van der Waals surface area (Å²) in [6, 6.07) is 0.0279. The maximum absolute atomic E-state index is 12.0. The highest BCUT2D eigenvalue weighted by atomic mass is 16.2. The molecule has 0 bridgehead atoms. The predicted octanol–water partition coefficient (Wildman–Crippen LogP) is 1.72. The summed E-state index contributed by atoms with van der Waals surface area (Å²) >= 11 is 0. The summed E-state index contributed by atoms with van der Waals surface area (Å²) in [4.78, 5) is 22.8. The van der Waals surface area contributed by atoms with Crippen molar-refractivity contribution in [2.45, 2.75) is 32.4 Å². The fourth-order valence-electron chi connectivity index (χ4n) is 3.48. The average molecular weight is 381 g/mol. The molecule has 1 amide bonds. The number of nitrogens with one attached hydrogen (secondary N) is 1. The number of nitrogens with zero attached hydrogens (tertiary/aromatic N) is 7. The maximum Gasteiger partial charge on any atom is 0.246 e. The Balaban J connectivity index is 1.65. The quantitative estimate of drug-likeness (QED) is 0.646. The van der Waals surface area contributed by atoms with Crippen molar-refractivity contribution in [3.63, 3.8) is 0 Å². The number of aryl methyl sites for hydroxylation is 1. The number of hydrogen-bond donors (Lipinski definition) is 2. The number of hydrogen-bond acceptors (Lipinski definition) is 7. The van der Waals surface area contributed by atoms with Crippen LogP contribution in [-0.2, 0) is 11.3 Å². The third kappa shape index (κ3) is 3.28. The van der Waals surface area contributed by atoms with Crippen LogP contribution < -0.4 is 11.1 Å². The minimum atomic E-state index is -0.0643. The molecule has 10 nitrogen and oxygen atoms in total. The zero-order chi connectivity index (χ0) is 19.7. The van der Waals surface area contributed by atoms with E-state index in [0.717, 1.165) is 31.6 Å².